The lowest BCUT2D eigenvalue weighted by Crippen LogP contribution is -2.61. The normalized spacial score (nSPS) is 27.2. The van der Waals surface area contributed by atoms with Gasteiger partial charge in [0.15, 0.2) is 0 Å². The maximum Gasteiger partial charge on any atom is 0.374 e. The van der Waals surface area contributed by atoms with Gasteiger partial charge in [-0.3, -0.25) is 0 Å². The monoisotopic (exact) mass is 250 g/mol. The third kappa shape index (κ3) is 2.24. The van der Waals surface area contributed by atoms with Crippen LogP contribution in [0.5, 0.6) is 0 Å². The van der Waals surface area contributed by atoms with E-state index in [1.807, 2.05) is 0 Å². The summed E-state index contributed by atoms with van der Waals surface area (Å²) in [4.78, 5) is 2.39. The Hall–Kier alpha value is -0.200. The largest absolute Gasteiger partial charge is 0.374 e. The first-order valence-electron chi connectivity index (χ1n) is 5.76. The lowest BCUT2D eigenvalue weighted by molar-refractivity contribution is -0.00941. The molecule has 2 saturated heterocycles. The second kappa shape index (κ2) is 3.92. The van der Waals surface area contributed by atoms with E-state index in [9.17, 15) is 12.3 Å². The van der Waals surface area contributed by atoms with E-state index in [0.29, 0.717) is 19.1 Å². The van der Waals surface area contributed by atoms with Crippen molar-refractivity contribution < 1.29 is 12.3 Å². The topological polar surface area (TPSA) is 40.6 Å². The molecule has 0 aliphatic carbocycles. The van der Waals surface area contributed by atoms with Gasteiger partial charge in [-0.15, -0.1) is 0 Å². The molecule has 4 nitrogen and oxygen atoms in total. The molecule has 0 aromatic carbocycles. The third-order valence-electron chi connectivity index (χ3n) is 3.92. The van der Waals surface area contributed by atoms with E-state index < -0.39 is 10.4 Å². The maximum absolute atomic E-state index is 12.7. The van der Waals surface area contributed by atoms with Gasteiger partial charge in [0.05, 0.1) is 0 Å². The fourth-order valence-electron chi connectivity index (χ4n) is 2.69. The summed E-state index contributed by atoms with van der Waals surface area (Å²) >= 11 is 0. The number of hydrogen-bond acceptors (Lipinski definition) is 3. The van der Waals surface area contributed by atoms with Gasteiger partial charge < -0.3 is 4.90 Å². The minimum Gasteiger partial charge on any atom is -0.301 e. The lowest BCUT2D eigenvalue weighted by Gasteiger charge is -2.52. The summed E-state index contributed by atoms with van der Waals surface area (Å²) in [5, 5.41) is 0. The molecule has 2 rings (SSSR count). The Bertz CT molecular complexity index is 353. The van der Waals surface area contributed by atoms with Crippen LogP contribution in [0.3, 0.4) is 0 Å². The van der Waals surface area contributed by atoms with Gasteiger partial charge in [-0.05, 0) is 39.8 Å². The van der Waals surface area contributed by atoms with Gasteiger partial charge in [-0.1, -0.05) is 3.89 Å². The Morgan fingerprint density at radius 1 is 1.19 bits per heavy atom. The van der Waals surface area contributed by atoms with Crippen molar-refractivity contribution in [2.24, 2.45) is 5.41 Å². The SMILES string of the molecule is CC(C)N1CCC2(CC1)CN(S(=O)(=O)F)C2. The van der Waals surface area contributed by atoms with Gasteiger partial charge in [-0.2, -0.15) is 12.7 Å². The molecule has 0 saturated carbocycles. The number of nitrogens with zero attached hydrogens (tertiary/aromatic N) is 2. The summed E-state index contributed by atoms with van der Waals surface area (Å²) in [5.74, 6) is 0. The number of halogens is 1. The van der Waals surface area contributed by atoms with Crippen LogP contribution in [0, 0.1) is 5.41 Å². The summed E-state index contributed by atoms with van der Waals surface area (Å²) in [5.41, 5.74) is 0.0601. The van der Waals surface area contributed by atoms with E-state index in [1.165, 1.54) is 0 Å². The standard InChI is InChI=1S/C10H19FN2O2S/c1-9(2)12-5-3-10(4-6-12)7-13(8-10)16(11,14)15/h9H,3-8H2,1-2H3. The molecule has 0 atom stereocenters. The number of rotatable bonds is 2. The van der Waals surface area contributed by atoms with Crippen LogP contribution in [-0.2, 0) is 10.4 Å². The van der Waals surface area contributed by atoms with Crippen molar-refractivity contribution in [2.45, 2.75) is 32.7 Å². The van der Waals surface area contributed by atoms with Crippen molar-refractivity contribution in [2.75, 3.05) is 26.2 Å². The van der Waals surface area contributed by atoms with Gasteiger partial charge in [0.1, 0.15) is 0 Å². The van der Waals surface area contributed by atoms with E-state index in [2.05, 4.69) is 18.7 Å². The van der Waals surface area contributed by atoms with E-state index in [1.54, 1.807) is 0 Å². The summed E-state index contributed by atoms with van der Waals surface area (Å²) < 4.78 is 34.9. The highest BCUT2D eigenvalue weighted by Gasteiger charge is 2.49. The molecular weight excluding hydrogens is 231 g/mol. The molecule has 0 N–H and O–H groups in total. The van der Waals surface area contributed by atoms with Crippen molar-refractivity contribution in [1.29, 1.82) is 0 Å². The quantitative estimate of drug-likeness (QED) is 0.687. The second-order valence-corrected chi connectivity index (χ2v) is 6.68. The van der Waals surface area contributed by atoms with Gasteiger partial charge in [0.2, 0.25) is 0 Å². The highest BCUT2D eigenvalue weighted by Crippen LogP contribution is 2.42. The van der Waals surface area contributed by atoms with Gasteiger partial charge in [-0.25, -0.2) is 0 Å². The van der Waals surface area contributed by atoms with Crippen LogP contribution < -0.4 is 0 Å². The number of likely N-dealkylation sites (tertiary alicyclic amines) is 1. The fraction of sp³-hybridized carbons (Fsp3) is 1.00. The molecule has 0 radical (unpaired) electrons. The smallest absolute Gasteiger partial charge is 0.301 e. The first-order chi connectivity index (χ1) is 7.32. The van der Waals surface area contributed by atoms with Crippen LogP contribution in [0.25, 0.3) is 0 Å². The highest BCUT2D eigenvalue weighted by molar-refractivity contribution is 7.84. The van der Waals surface area contributed by atoms with Crippen LogP contribution in [-0.4, -0.2) is 49.8 Å². The second-order valence-electron chi connectivity index (χ2n) is 5.34. The van der Waals surface area contributed by atoms with Gasteiger partial charge >= 0.3 is 10.4 Å². The fourth-order valence-corrected chi connectivity index (χ4v) is 3.54. The molecule has 0 bridgehead atoms. The molecule has 2 fully saturated rings. The zero-order valence-electron chi connectivity index (χ0n) is 9.82. The zero-order valence-corrected chi connectivity index (χ0v) is 10.6. The van der Waals surface area contributed by atoms with E-state index >= 15 is 0 Å². The lowest BCUT2D eigenvalue weighted by atomic mass is 9.73. The van der Waals surface area contributed by atoms with Gasteiger partial charge in [0.25, 0.3) is 0 Å². The average Bonchev–Trinajstić information content (AvgIpc) is 2.12. The van der Waals surface area contributed by atoms with Crippen LogP contribution >= 0.6 is 0 Å². The maximum atomic E-state index is 12.7. The number of piperidine rings is 1. The summed E-state index contributed by atoms with van der Waals surface area (Å²) in [6.45, 7) is 7.07. The van der Waals surface area contributed by atoms with E-state index in [-0.39, 0.29) is 5.41 Å². The van der Waals surface area contributed by atoms with Crippen molar-refractivity contribution in [1.82, 2.24) is 9.21 Å². The minimum absolute atomic E-state index is 0.0601. The average molecular weight is 250 g/mol. The third-order valence-corrected chi connectivity index (χ3v) is 4.80. The molecule has 2 aliphatic rings. The van der Waals surface area contributed by atoms with Crippen molar-refractivity contribution in [3.05, 3.63) is 0 Å². The minimum atomic E-state index is -4.45. The highest BCUT2D eigenvalue weighted by atomic mass is 32.3. The molecule has 2 aliphatic heterocycles. The van der Waals surface area contributed by atoms with E-state index in [0.717, 1.165) is 30.2 Å². The van der Waals surface area contributed by atoms with Crippen LogP contribution in [0.15, 0.2) is 0 Å². The van der Waals surface area contributed by atoms with Crippen molar-refractivity contribution in [3.8, 4) is 0 Å². The molecule has 2 heterocycles. The molecule has 6 heteroatoms. The molecular formula is C10H19FN2O2S. The first kappa shape index (κ1) is 12.3. The van der Waals surface area contributed by atoms with Crippen molar-refractivity contribution >= 4 is 10.4 Å². The van der Waals surface area contributed by atoms with E-state index in [4.69, 9.17) is 0 Å². The number of hydrogen-bond donors (Lipinski definition) is 0. The molecule has 0 aromatic rings. The molecule has 0 unspecified atom stereocenters. The van der Waals surface area contributed by atoms with Crippen molar-refractivity contribution in [3.63, 3.8) is 0 Å². The summed E-state index contributed by atoms with van der Waals surface area (Å²) in [7, 11) is -4.45. The van der Waals surface area contributed by atoms with Crippen LogP contribution in [0.2, 0.25) is 0 Å². The van der Waals surface area contributed by atoms with Crippen LogP contribution in [0.4, 0.5) is 3.89 Å². The molecule has 0 aromatic heterocycles. The Morgan fingerprint density at radius 3 is 2.06 bits per heavy atom. The molecule has 1 spiro atoms. The predicted octanol–water partition coefficient (Wildman–Crippen LogP) is 1.01. The van der Waals surface area contributed by atoms with Gasteiger partial charge in [0, 0.05) is 24.5 Å². The summed E-state index contributed by atoms with van der Waals surface area (Å²) in [6.07, 6.45) is 1.97. The molecule has 94 valence electrons. The first-order valence-corrected chi connectivity index (χ1v) is 7.10. The van der Waals surface area contributed by atoms with Crippen LogP contribution in [0.1, 0.15) is 26.7 Å². The Labute approximate surface area is 96.8 Å². The predicted molar refractivity (Wildman–Crippen MR) is 60.0 cm³/mol. The Kier molecular flexibility index (Phi) is 3.01. The molecule has 0 amide bonds. The zero-order chi connectivity index (χ0) is 12.0. The summed E-state index contributed by atoms with van der Waals surface area (Å²) in [6, 6.07) is 0.540. The Morgan fingerprint density at radius 2 is 1.69 bits per heavy atom. The Balaban J connectivity index is 1.88. The molecule has 16 heavy (non-hydrogen) atoms.